The Hall–Kier alpha value is -5.30. The molecule has 0 spiro atoms. The third kappa shape index (κ3) is 8.72. The van der Waals surface area contributed by atoms with E-state index in [1.165, 1.54) is 16.4 Å². The molecule has 0 atom stereocenters. The Morgan fingerprint density at radius 1 is 0.588 bits per heavy atom. The van der Waals surface area contributed by atoms with E-state index < -0.39 is 21.8 Å². The summed E-state index contributed by atoms with van der Waals surface area (Å²) in [6.07, 6.45) is -0.864. The predicted molar refractivity (Wildman–Crippen MR) is 192 cm³/mol. The monoisotopic (exact) mass is 708 g/mol. The minimum absolute atomic E-state index is 0.218. The van der Waals surface area contributed by atoms with Gasteiger partial charge in [0, 0.05) is 49.8 Å². The van der Waals surface area contributed by atoms with Crippen molar-refractivity contribution in [3.8, 4) is 45.2 Å². The molecule has 0 unspecified atom stereocenters. The number of halogens is 3. The molecule has 2 aromatic carbocycles. The quantitative estimate of drug-likeness (QED) is 0.174. The molecule has 8 nitrogen and oxygen atoms in total. The van der Waals surface area contributed by atoms with Crippen molar-refractivity contribution in [2.75, 3.05) is 33.2 Å². The van der Waals surface area contributed by atoms with E-state index in [2.05, 4.69) is 19.9 Å². The molecule has 0 radical (unpaired) electrons. The van der Waals surface area contributed by atoms with Crippen LogP contribution in [-0.2, 0) is 16.2 Å². The van der Waals surface area contributed by atoms with Gasteiger partial charge in [0.05, 0.1) is 38.9 Å². The minimum Gasteiger partial charge on any atom is -0.304 e. The van der Waals surface area contributed by atoms with Gasteiger partial charge in [0.15, 0.2) is 0 Å². The maximum Gasteiger partial charge on any atom is 0.416 e. The molecule has 0 N–H and O–H groups in total. The summed E-state index contributed by atoms with van der Waals surface area (Å²) in [5.41, 5.74) is 5.54. The summed E-state index contributed by atoms with van der Waals surface area (Å²) in [5.74, 6) is 0. The largest absolute Gasteiger partial charge is 0.416 e. The summed E-state index contributed by atoms with van der Waals surface area (Å²) in [6.45, 7) is 4.06. The summed E-state index contributed by atoms with van der Waals surface area (Å²) < 4.78 is 67.0. The van der Waals surface area contributed by atoms with Crippen LogP contribution in [0.3, 0.4) is 0 Å². The van der Waals surface area contributed by atoms with Crippen molar-refractivity contribution < 1.29 is 21.6 Å². The van der Waals surface area contributed by atoms with Gasteiger partial charge >= 0.3 is 6.18 Å². The fourth-order valence-electron chi connectivity index (χ4n) is 5.58. The molecule has 0 aliphatic carbocycles. The molecule has 5 heterocycles. The summed E-state index contributed by atoms with van der Waals surface area (Å²) in [6, 6.07) is 32.4. The predicted octanol–water partition coefficient (Wildman–Crippen LogP) is 7.88. The number of aryl methyl sites for hydroxylation is 1. The van der Waals surface area contributed by atoms with Crippen LogP contribution in [0.5, 0.6) is 0 Å². The van der Waals surface area contributed by atoms with Crippen LogP contribution in [0.15, 0.2) is 133 Å². The first-order valence-corrected chi connectivity index (χ1v) is 17.7. The summed E-state index contributed by atoms with van der Waals surface area (Å²) in [5, 5.41) is 0. The van der Waals surface area contributed by atoms with Gasteiger partial charge in [-0.25, -0.2) is 13.4 Å². The number of pyridine rings is 4. The minimum atomic E-state index is -4.40. The number of rotatable bonds is 6. The highest BCUT2D eigenvalue weighted by atomic mass is 32.2. The molecule has 1 saturated heterocycles. The average Bonchev–Trinajstić information content (AvgIpc) is 3.15. The lowest BCUT2D eigenvalue weighted by Gasteiger charge is -2.31. The van der Waals surface area contributed by atoms with E-state index in [-0.39, 0.29) is 4.90 Å². The summed E-state index contributed by atoms with van der Waals surface area (Å²) in [7, 11) is -1.67. The fourth-order valence-corrected chi connectivity index (χ4v) is 7.05. The third-order valence-corrected chi connectivity index (χ3v) is 10.2. The van der Waals surface area contributed by atoms with Crippen LogP contribution in [0.1, 0.15) is 11.3 Å². The van der Waals surface area contributed by atoms with E-state index in [4.69, 9.17) is 4.98 Å². The molecule has 0 bridgehead atoms. The number of nitrogens with zero attached hydrogens (tertiary/aromatic N) is 6. The molecule has 1 aliphatic rings. The van der Waals surface area contributed by atoms with Crippen LogP contribution in [-0.4, -0.2) is 70.8 Å². The Bertz CT molecular complexity index is 2160. The Morgan fingerprint density at radius 2 is 1.20 bits per heavy atom. The number of aromatic nitrogens is 4. The highest BCUT2D eigenvalue weighted by molar-refractivity contribution is 7.89. The second kappa shape index (κ2) is 15.3. The Morgan fingerprint density at radius 3 is 1.80 bits per heavy atom. The van der Waals surface area contributed by atoms with E-state index in [9.17, 15) is 21.6 Å². The van der Waals surface area contributed by atoms with Crippen LogP contribution >= 0.6 is 0 Å². The SMILES string of the molecule is Cc1cc(-c2ccc(C(F)(F)F)cc2)cc(-c2cccc(-c3cccc(S(=O)(=O)N4CCN(C)CC4)c3)n2)n1.c1ccc(-c2ccccn2)nc1. The van der Waals surface area contributed by atoms with Crippen molar-refractivity contribution in [2.45, 2.75) is 18.0 Å². The zero-order valence-electron chi connectivity index (χ0n) is 28.0. The zero-order chi connectivity index (χ0) is 36.0. The van der Waals surface area contributed by atoms with Crippen LogP contribution in [0.4, 0.5) is 13.2 Å². The molecule has 0 amide bonds. The molecular weight excluding hydrogens is 674 g/mol. The van der Waals surface area contributed by atoms with Crippen molar-refractivity contribution in [2.24, 2.45) is 0 Å². The first-order valence-electron chi connectivity index (χ1n) is 16.2. The maximum absolute atomic E-state index is 13.3. The number of piperazine rings is 1. The van der Waals surface area contributed by atoms with Gasteiger partial charge in [-0.2, -0.15) is 17.5 Å². The highest BCUT2D eigenvalue weighted by Gasteiger charge is 2.30. The molecule has 260 valence electrons. The number of benzene rings is 2. The van der Waals surface area contributed by atoms with Crippen molar-refractivity contribution in [1.82, 2.24) is 29.1 Å². The van der Waals surface area contributed by atoms with Crippen LogP contribution < -0.4 is 0 Å². The molecule has 7 rings (SSSR count). The van der Waals surface area contributed by atoms with Gasteiger partial charge < -0.3 is 4.90 Å². The molecule has 1 fully saturated rings. The second-order valence-electron chi connectivity index (χ2n) is 12.0. The number of hydrogen-bond donors (Lipinski definition) is 0. The van der Waals surface area contributed by atoms with E-state index in [0.717, 1.165) is 29.1 Å². The van der Waals surface area contributed by atoms with Crippen molar-refractivity contribution in [3.63, 3.8) is 0 Å². The first kappa shape index (κ1) is 35.5. The Kier molecular flexibility index (Phi) is 10.7. The van der Waals surface area contributed by atoms with Crippen LogP contribution in [0, 0.1) is 6.92 Å². The molecular formula is C39H35F3N6O2S. The van der Waals surface area contributed by atoms with Gasteiger partial charge in [-0.1, -0.05) is 42.5 Å². The maximum atomic E-state index is 13.3. The smallest absolute Gasteiger partial charge is 0.304 e. The zero-order valence-corrected chi connectivity index (χ0v) is 28.8. The van der Waals surface area contributed by atoms with Gasteiger partial charge in [-0.15, -0.1) is 0 Å². The van der Waals surface area contributed by atoms with E-state index in [1.807, 2.05) is 68.6 Å². The lowest BCUT2D eigenvalue weighted by Crippen LogP contribution is -2.47. The number of sulfonamides is 1. The van der Waals surface area contributed by atoms with Crippen molar-refractivity contribution in [1.29, 1.82) is 0 Å². The lowest BCUT2D eigenvalue weighted by molar-refractivity contribution is -0.137. The van der Waals surface area contributed by atoms with Gasteiger partial charge in [0.1, 0.15) is 0 Å². The highest BCUT2D eigenvalue weighted by Crippen LogP contribution is 2.32. The van der Waals surface area contributed by atoms with E-state index in [0.29, 0.717) is 60.1 Å². The number of hydrogen-bond acceptors (Lipinski definition) is 7. The molecule has 0 saturated carbocycles. The fraction of sp³-hybridized carbons (Fsp3) is 0.179. The molecule has 4 aromatic heterocycles. The van der Waals surface area contributed by atoms with Gasteiger partial charge in [0.2, 0.25) is 10.0 Å². The molecule has 1 aliphatic heterocycles. The standard InChI is InChI=1S/C29H27F3N4O2S.C10H8N2/c1-20-17-23(21-9-11-24(12-10-21)29(30,31)32)19-28(33-20)27-8-4-7-26(34-27)22-5-3-6-25(18-22)39(37,38)36-15-13-35(2)14-16-36;1-3-7-11-9(5-1)10-6-2-4-8-12-10/h3-12,17-19H,13-16H2,1-2H3;1-8H. The second-order valence-corrected chi connectivity index (χ2v) is 14.0. The van der Waals surface area contributed by atoms with E-state index in [1.54, 1.807) is 48.8 Å². The topological polar surface area (TPSA) is 92.2 Å². The van der Waals surface area contributed by atoms with Gasteiger partial charge in [-0.05, 0) is 97.9 Å². The number of alkyl halides is 3. The normalized spacial score (nSPS) is 14.1. The number of likely N-dealkylation sites (N-methyl/N-ethyl adjacent to an activating group) is 1. The van der Waals surface area contributed by atoms with Gasteiger partial charge in [0.25, 0.3) is 0 Å². The van der Waals surface area contributed by atoms with Crippen LogP contribution in [0.25, 0.3) is 45.2 Å². The average molecular weight is 709 g/mol. The molecule has 6 aromatic rings. The molecule has 12 heteroatoms. The van der Waals surface area contributed by atoms with Crippen molar-refractivity contribution in [3.05, 3.63) is 139 Å². The summed E-state index contributed by atoms with van der Waals surface area (Å²) >= 11 is 0. The third-order valence-electron chi connectivity index (χ3n) is 8.33. The first-order chi connectivity index (χ1) is 24.5. The van der Waals surface area contributed by atoms with E-state index >= 15 is 0 Å². The van der Waals surface area contributed by atoms with Gasteiger partial charge in [-0.3, -0.25) is 15.0 Å². The Balaban J connectivity index is 0.000000313. The van der Waals surface area contributed by atoms with Crippen LogP contribution in [0.2, 0.25) is 0 Å². The van der Waals surface area contributed by atoms with Crippen molar-refractivity contribution >= 4 is 10.0 Å². The Labute approximate surface area is 295 Å². The lowest BCUT2D eigenvalue weighted by atomic mass is 10.0. The summed E-state index contributed by atoms with van der Waals surface area (Å²) in [4.78, 5) is 20.0. The molecule has 51 heavy (non-hydrogen) atoms.